The van der Waals surface area contributed by atoms with Gasteiger partial charge >= 0.3 is 5.97 Å². The van der Waals surface area contributed by atoms with Gasteiger partial charge in [-0.25, -0.2) is 4.79 Å². The number of phenols is 1. The molecule has 0 atom stereocenters. The van der Waals surface area contributed by atoms with Gasteiger partial charge in [-0.05, 0) is 26.0 Å². The first-order valence-corrected chi connectivity index (χ1v) is 4.13. The molecule has 0 saturated carbocycles. The second-order valence-electron chi connectivity index (χ2n) is 2.66. The number of carboxylic acid groups (broad SMARTS) is 1. The minimum atomic E-state index is -1.02. The van der Waals surface area contributed by atoms with Crippen molar-refractivity contribution in [2.24, 2.45) is 0 Å². The second-order valence-corrected chi connectivity index (χ2v) is 2.66. The summed E-state index contributed by atoms with van der Waals surface area (Å²) in [4.78, 5) is 10.5. The van der Waals surface area contributed by atoms with Crippen LogP contribution in [0.15, 0.2) is 30.9 Å². The largest absolute Gasteiger partial charge is 0.508 e. The summed E-state index contributed by atoms with van der Waals surface area (Å²) in [7, 11) is 0. The summed E-state index contributed by atoms with van der Waals surface area (Å²) < 4.78 is 0. The standard InChI is InChI=1S/C8H8O3.C3H6/c1-5-6(8(10)11)3-2-4-7(5)9;1-3-2/h2-4,9H,1H3,(H,10,11);3H,1H2,2H3. The highest BCUT2D eigenvalue weighted by Crippen LogP contribution is 2.18. The van der Waals surface area contributed by atoms with Gasteiger partial charge < -0.3 is 10.2 Å². The van der Waals surface area contributed by atoms with Crippen LogP contribution in [0.5, 0.6) is 5.75 Å². The molecule has 1 aromatic carbocycles. The van der Waals surface area contributed by atoms with E-state index in [1.807, 2.05) is 6.92 Å². The van der Waals surface area contributed by atoms with Crippen LogP contribution in [-0.2, 0) is 0 Å². The lowest BCUT2D eigenvalue weighted by atomic mass is 10.1. The van der Waals surface area contributed by atoms with Crippen LogP contribution in [0.3, 0.4) is 0 Å². The van der Waals surface area contributed by atoms with Gasteiger partial charge in [0, 0.05) is 5.56 Å². The molecule has 0 bridgehead atoms. The molecule has 1 aromatic rings. The van der Waals surface area contributed by atoms with E-state index in [1.54, 1.807) is 13.0 Å². The van der Waals surface area contributed by atoms with E-state index in [-0.39, 0.29) is 11.3 Å². The Kier molecular flexibility index (Phi) is 5.07. The molecule has 0 aliphatic rings. The summed E-state index contributed by atoms with van der Waals surface area (Å²) in [5, 5.41) is 17.7. The number of carbonyl (C=O) groups is 1. The molecule has 0 heterocycles. The van der Waals surface area contributed by atoms with Gasteiger partial charge in [0.2, 0.25) is 0 Å². The molecule has 14 heavy (non-hydrogen) atoms. The van der Waals surface area contributed by atoms with Crippen LogP contribution in [-0.4, -0.2) is 16.2 Å². The number of hydrogen-bond donors (Lipinski definition) is 2. The molecule has 1 rings (SSSR count). The van der Waals surface area contributed by atoms with E-state index in [0.29, 0.717) is 5.56 Å². The Morgan fingerprint density at radius 2 is 2.00 bits per heavy atom. The van der Waals surface area contributed by atoms with E-state index in [2.05, 4.69) is 6.58 Å². The normalized spacial score (nSPS) is 8.43. The van der Waals surface area contributed by atoms with Crippen LogP contribution in [0, 0.1) is 6.92 Å². The molecule has 76 valence electrons. The first kappa shape index (κ1) is 12.2. The number of aromatic carboxylic acids is 1. The van der Waals surface area contributed by atoms with Crippen LogP contribution in [0.2, 0.25) is 0 Å². The zero-order chi connectivity index (χ0) is 11.1. The summed E-state index contributed by atoms with van der Waals surface area (Å²) in [5.41, 5.74) is 0.546. The van der Waals surface area contributed by atoms with Crippen molar-refractivity contribution >= 4 is 5.97 Å². The van der Waals surface area contributed by atoms with E-state index in [4.69, 9.17) is 10.2 Å². The molecular formula is C11H14O3. The van der Waals surface area contributed by atoms with Crippen molar-refractivity contribution in [1.82, 2.24) is 0 Å². The van der Waals surface area contributed by atoms with Crippen molar-refractivity contribution in [3.63, 3.8) is 0 Å². The van der Waals surface area contributed by atoms with Gasteiger partial charge in [0.15, 0.2) is 0 Å². The van der Waals surface area contributed by atoms with E-state index in [1.165, 1.54) is 18.2 Å². The van der Waals surface area contributed by atoms with E-state index in [9.17, 15) is 4.79 Å². The van der Waals surface area contributed by atoms with Gasteiger partial charge in [0.25, 0.3) is 0 Å². The number of hydrogen-bond acceptors (Lipinski definition) is 2. The zero-order valence-electron chi connectivity index (χ0n) is 8.32. The van der Waals surface area contributed by atoms with Crippen molar-refractivity contribution in [2.45, 2.75) is 13.8 Å². The Hall–Kier alpha value is -1.77. The number of carboxylic acids is 1. The van der Waals surface area contributed by atoms with Gasteiger partial charge in [0.1, 0.15) is 5.75 Å². The summed E-state index contributed by atoms with van der Waals surface area (Å²) in [6.45, 7) is 6.82. The number of phenolic OH excluding ortho intramolecular Hbond substituents is 1. The zero-order valence-corrected chi connectivity index (χ0v) is 8.32. The Morgan fingerprint density at radius 1 is 1.50 bits per heavy atom. The van der Waals surface area contributed by atoms with Crippen molar-refractivity contribution in [2.75, 3.05) is 0 Å². The quantitative estimate of drug-likeness (QED) is 0.675. The Morgan fingerprint density at radius 3 is 2.36 bits per heavy atom. The smallest absolute Gasteiger partial charge is 0.336 e. The topological polar surface area (TPSA) is 57.5 Å². The fourth-order valence-corrected chi connectivity index (χ4v) is 0.855. The van der Waals surface area contributed by atoms with Crippen LogP contribution in [0.25, 0.3) is 0 Å². The lowest BCUT2D eigenvalue weighted by Gasteiger charge is -2.00. The number of aromatic hydroxyl groups is 1. The lowest BCUT2D eigenvalue weighted by Crippen LogP contribution is -1.98. The maximum Gasteiger partial charge on any atom is 0.336 e. The Balaban J connectivity index is 0.000000500. The first-order chi connectivity index (χ1) is 6.54. The van der Waals surface area contributed by atoms with Crippen LogP contribution < -0.4 is 0 Å². The van der Waals surface area contributed by atoms with Crippen molar-refractivity contribution in [3.8, 4) is 5.75 Å². The minimum absolute atomic E-state index is 0.0184. The molecule has 0 amide bonds. The van der Waals surface area contributed by atoms with Crippen molar-refractivity contribution in [1.29, 1.82) is 0 Å². The van der Waals surface area contributed by atoms with Gasteiger partial charge in [-0.3, -0.25) is 0 Å². The number of allylic oxidation sites excluding steroid dienone is 1. The summed E-state index contributed by atoms with van der Waals surface area (Å²) >= 11 is 0. The number of benzene rings is 1. The molecule has 0 aromatic heterocycles. The Labute approximate surface area is 83.3 Å². The summed E-state index contributed by atoms with van der Waals surface area (Å²) in [6, 6.07) is 4.42. The van der Waals surface area contributed by atoms with Crippen molar-refractivity contribution < 1.29 is 15.0 Å². The van der Waals surface area contributed by atoms with E-state index < -0.39 is 5.97 Å². The fourth-order valence-electron chi connectivity index (χ4n) is 0.855. The molecule has 0 aliphatic heterocycles. The van der Waals surface area contributed by atoms with Crippen LogP contribution in [0.1, 0.15) is 22.8 Å². The second kappa shape index (κ2) is 5.80. The van der Waals surface area contributed by atoms with Gasteiger partial charge in [-0.15, -0.1) is 6.58 Å². The molecule has 0 spiro atoms. The SMILES string of the molecule is C=CC.Cc1c(O)cccc1C(=O)O. The monoisotopic (exact) mass is 194 g/mol. The maximum atomic E-state index is 10.5. The average molecular weight is 194 g/mol. The third kappa shape index (κ3) is 3.31. The summed E-state index contributed by atoms with van der Waals surface area (Å²) in [5.74, 6) is -0.997. The molecule has 3 nitrogen and oxygen atoms in total. The molecule has 0 radical (unpaired) electrons. The number of rotatable bonds is 1. The molecule has 2 N–H and O–H groups in total. The molecular weight excluding hydrogens is 180 g/mol. The molecule has 0 saturated heterocycles. The highest BCUT2D eigenvalue weighted by Gasteiger charge is 2.08. The third-order valence-electron chi connectivity index (χ3n) is 1.54. The lowest BCUT2D eigenvalue weighted by molar-refractivity contribution is 0.0695. The van der Waals surface area contributed by atoms with Gasteiger partial charge in [0.05, 0.1) is 5.56 Å². The highest BCUT2D eigenvalue weighted by atomic mass is 16.4. The van der Waals surface area contributed by atoms with Gasteiger partial charge in [-0.2, -0.15) is 0 Å². The predicted octanol–water partition coefficient (Wildman–Crippen LogP) is 2.59. The molecule has 0 fully saturated rings. The molecule has 3 heteroatoms. The average Bonchev–Trinajstić information content (AvgIpc) is 2.10. The third-order valence-corrected chi connectivity index (χ3v) is 1.54. The highest BCUT2D eigenvalue weighted by molar-refractivity contribution is 5.90. The van der Waals surface area contributed by atoms with Crippen LogP contribution >= 0.6 is 0 Å². The Bertz CT molecular complexity index is 329. The predicted molar refractivity (Wildman–Crippen MR) is 55.7 cm³/mol. The molecule has 0 aliphatic carbocycles. The fraction of sp³-hybridized carbons (Fsp3) is 0.182. The molecule has 0 unspecified atom stereocenters. The summed E-state index contributed by atoms with van der Waals surface area (Å²) in [6.07, 6.45) is 1.75. The van der Waals surface area contributed by atoms with E-state index >= 15 is 0 Å². The van der Waals surface area contributed by atoms with Crippen LogP contribution in [0.4, 0.5) is 0 Å². The minimum Gasteiger partial charge on any atom is -0.508 e. The van der Waals surface area contributed by atoms with E-state index in [0.717, 1.165) is 0 Å². The van der Waals surface area contributed by atoms with Gasteiger partial charge in [-0.1, -0.05) is 12.1 Å². The van der Waals surface area contributed by atoms with Crippen molar-refractivity contribution in [3.05, 3.63) is 42.0 Å². The first-order valence-electron chi connectivity index (χ1n) is 4.13. The maximum absolute atomic E-state index is 10.5.